The van der Waals surface area contributed by atoms with Crippen LogP contribution >= 0.6 is 0 Å². The van der Waals surface area contributed by atoms with Gasteiger partial charge in [0.1, 0.15) is 0 Å². The van der Waals surface area contributed by atoms with Gasteiger partial charge in [-0.1, -0.05) is 30.3 Å². The summed E-state index contributed by atoms with van der Waals surface area (Å²) in [6, 6.07) is 10.2. The van der Waals surface area contributed by atoms with E-state index < -0.39 is 17.7 Å². The van der Waals surface area contributed by atoms with Crippen LogP contribution in [0.3, 0.4) is 0 Å². The lowest BCUT2D eigenvalue weighted by atomic mass is 10.1. The first-order valence-corrected chi connectivity index (χ1v) is 6.62. The Labute approximate surface area is 132 Å². The molecule has 0 fully saturated rings. The minimum Gasteiger partial charge on any atom is -0.465 e. The molecule has 116 valence electrons. The second-order valence-corrected chi connectivity index (χ2v) is 4.65. The Balaban J connectivity index is 2.36. The fourth-order valence-corrected chi connectivity index (χ4v) is 2.03. The maximum absolute atomic E-state index is 14.4. The Morgan fingerprint density at radius 1 is 1.17 bits per heavy atom. The van der Waals surface area contributed by atoms with Gasteiger partial charge in [0.25, 0.3) is 5.91 Å². The zero-order valence-electron chi connectivity index (χ0n) is 12.5. The van der Waals surface area contributed by atoms with Crippen molar-refractivity contribution in [1.82, 2.24) is 0 Å². The van der Waals surface area contributed by atoms with Crippen LogP contribution in [0.1, 0.15) is 20.7 Å². The number of esters is 1. The Bertz CT molecular complexity index is 794. The van der Waals surface area contributed by atoms with E-state index in [4.69, 9.17) is 6.57 Å². The lowest BCUT2D eigenvalue weighted by Gasteiger charge is -2.19. The minimum atomic E-state index is -0.826. The standard InChI is InChI=1S/C17H13FN2O3/c1-19-12-9-7-11(8-10-12)16(21)20(2)14-6-4-5-13(15(14)18)17(22)23-3/h4-10H,2-3H3. The van der Waals surface area contributed by atoms with Gasteiger partial charge >= 0.3 is 5.97 Å². The average molecular weight is 312 g/mol. The third-order valence-corrected chi connectivity index (χ3v) is 3.29. The molecule has 2 aromatic carbocycles. The van der Waals surface area contributed by atoms with Gasteiger partial charge in [-0.2, -0.15) is 0 Å². The predicted molar refractivity (Wildman–Crippen MR) is 83.2 cm³/mol. The molecule has 0 aliphatic heterocycles. The predicted octanol–water partition coefficient (Wildman–Crippen LogP) is 3.44. The first-order chi connectivity index (χ1) is 11.0. The van der Waals surface area contributed by atoms with Gasteiger partial charge in [-0.25, -0.2) is 14.0 Å². The molecule has 0 N–H and O–H groups in total. The van der Waals surface area contributed by atoms with Crippen molar-refractivity contribution in [3.8, 4) is 0 Å². The maximum Gasteiger partial charge on any atom is 0.340 e. The van der Waals surface area contributed by atoms with Gasteiger partial charge < -0.3 is 9.64 Å². The van der Waals surface area contributed by atoms with Crippen LogP contribution in [0.15, 0.2) is 42.5 Å². The van der Waals surface area contributed by atoms with E-state index >= 15 is 0 Å². The van der Waals surface area contributed by atoms with Crippen molar-refractivity contribution in [2.24, 2.45) is 0 Å². The van der Waals surface area contributed by atoms with Gasteiger partial charge in [0.05, 0.1) is 24.9 Å². The van der Waals surface area contributed by atoms with Crippen molar-refractivity contribution in [2.75, 3.05) is 19.1 Å². The van der Waals surface area contributed by atoms with Crippen molar-refractivity contribution in [1.29, 1.82) is 0 Å². The van der Waals surface area contributed by atoms with E-state index in [0.717, 1.165) is 12.0 Å². The largest absolute Gasteiger partial charge is 0.465 e. The lowest BCUT2D eigenvalue weighted by molar-refractivity contribution is 0.0595. The highest BCUT2D eigenvalue weighted by molar-refractivity contribution is 6.06. The zero-order chi connectivity index (χ0) is 17.0. The van der Waals surface area contributed by atoms with Crippen LogP contribution in [0.4, 0.5) is 15.8 Å². The van der Waals surface area contributed by atoms with Crippen molar-refractivity contribution in [3.63, 3.8) is 0 Å². The number of carbonyl (C=O) groups is 2. The van der Waals surface area contributed by atoms with Gasteiger partial charge in [0.2, 0.25) is 0 Å². The Hall–Kier alpha value is -3.20. The molecule has 2 rings (SSSR count). The molecule has 5 nitrogen and oxygen atoms in total. The van der Waals surface area contributed by atoms with E-state index in [1.165, 1.54) is 49.5 Å². The molecule has 0 aliphatic carbocycles. The summed E-state index contributed by atoms with van der Waals surface area (Å²) >= 11 is 0. The molecule has 0 bridgehead atoms. The molecule has 0 aromatic heterocycles. The molecule has 0 radical (unpaired) electrons. The van der Waals surface area contributed by atoms with Gasteiger partial charge in [-0.15, -0.1) is 0 Å². The number of anilines is 1. The number of hydrogen-bond acceptors (Lipinski definition) is 3. The SMILES string of the molecule is [C-]#[N+]c1ccc(C(=O)N(C)c2cccc(C(=O)OC)c2F)cc1. The van der Waals surface area contributed by atoms with Crippen LogP contribution in [0.25, 0.3) is 4.85 Å². The van der Waals surface area contributed by atoms with Gasteiger partial charge in [0, 0.05) is 12.6 Å². The van der Waals surface area contributed by atoms with Gasteiger partial charge in [-0.05, 0) is 12.1 Å². The van der Waals surface area contributed by atoms with Crippen molar-refractivity contribution in [3.05, 3.63) is 70.8 Å². The highest BCUT2D eigenvalue weighted by atomic mass is 19.1. The molecule has 0 unspecified atom stereocenters. The summed E-state index contributed by atoms with van der Waals surface area (Å²) in [5, 5.41) is 0. The molecule has 0 heterocycles. The fourth-order valence-electron chi connectivity index (χ4n) is 2.03. The van der Waals surface area contributed by atoms with Crippen molar-refractivity contribution in [2.45, 2.75) is 0 Å². The summed E-state index contributed by atoms with van der Waals surface area (Å²) in [7, 11) is 2.56. The Morgan fingerprint density at radius 3 is 2.39 bits per heavy atom. The normalized spacial score (nSPS) is 9.83. The number of benzene rings is 2. The molecule has 0 spiro atoms. The second-order valence-electron chi connectivity index (χ2n) is 4.65. The summed E-state index contributed by atoms with van der Waals surface area (Å²) in [6.45, 7) is 6.89. The van der Waals surface area contributed by atoms with E-state index in [-0.39, 0.29) is 11.3 Å². The topological polar surface area (TPSA) is 51.0 Å². The smallest absolute Gasteiger partial charge is 0.340 e. The highest BCUT2D eigenvalue weighted by Gasteiger charge is 2.21. The lowest BCUT2D eigenvalue weighted by Crippen LogP contribution is -2.27. The number of hydrogen-bond donors (Lipinski definition) is 0. The molecule has 0 aliphatic rings. The van der Waals surface area contributed by atoms with Gasteiger partial charge in [0.15, 0.2) is 11.5 Å². The van der Waals surface area contributed by atoms with Crippen LogP contribution in [-0.2, 0) is 4.74 Å². The Kier molecular flexibility index (Phi) is 4.72. The maximum atomic E-state index is 14.4. The molecule has 0 saturated heterocycles. The van der Waals surface area contributed by atoms with Crippen molar-refractivity contribution >= 4 is 23.3 Å². The fraction of sp³-hybridized carbons (Fsp3) is 0.118. The third-order valence-electron chi connectivity index (χ3n) is 3.29. The summed E-state index contributed by atoms with van der Waals surface area (Å²) in [6.07, 6.45) is 0. The molecular weight excluding hydrogens is 299 g/mol. The number of ether oxygens (including phenoxy) is 1. The number of amides is 1. The summed E-state index contributed by atoms with van der Waals surface area (Å²) < 4.78 is 18.9. The average Bonchev–Trinajstić information content (AvgIpc) is 2.60. The minimum absolute atomic E-state index is 0.0350. The first-order valence-electron chi connectivity index (χ1n) is 6.62. The highest BCUT2D eigenvalue weighted by Crippen LogP contribution is 2.24. The van der Waals surface area contributed by atoms with E-state index in [2.05, 4.69) is 9.58 Å². The number of rotatable bonds is 3. The summed E-state index contributed by atoms with van der Waals surface area (Å²) in [5.74, 6) is -2.10. The Morgan fingerprint density at radius 2 is 1.83 bits per heavy atom. The number of carbonyl (C=O) groups excluding carboxylic acids is 2. The van der Waals surface area contributed by atoms with E-state index in [0.29, 0.717) is 11.3 Å². The number of methoxy groups -OCH3 is 1. The van der Waals surface area contributed by atoms with Crippen LogP contribution < -0.4 is 4.90 Å². The molecular formula is C17H13FN2O3. The molecule has 6 heteroatoms. The molecule has 23 heavy (non-hydrogen) atoms. The van der Waals surface area contributed by atoms with Gasteiger partial charge in [-0.3, -0.25) is 4.79 Å². The van der Waals surface area contributed by atoms with E-state index in [1.807, 2.05) is 0 Å². The molecule has 2 aromatic rings. The quantitative estimate of drug-likeness (QED) is 0.644. The first kappa shape index (κ1) is 16.2. The summed E-state index contributed by atoms with van der Waals surface area (Å²) in [4.78, 5) is 28.3. The van der Waals surface area contributed by atoms with E-state index in [1.54, 1.807) is 0 Å². The third kappa shape index (κ3) is 3.19. The van der Waals surface area contributed by atoms with Crippen LogP contribution in [0.5, 0.6) is 0 Å². The molecule has 0 atom stereocenters. The molecule has 1 amide bonds. The zero-order valence-corrected chi connectivity index (χ0v) is 12.5. The second kappa shape index (κ2) is 6.71. The number of nitrogens with zero attached hydrogens (tertiary/aromatic N) is 2. The van der Waals surface area contributed by atoms with Crippen LogP contribution in [0.2, 0.25) is 0 Å². The summed E-state index contributed by atoms with van der Waals surface area (Å²) in [5.41, 5.74) is 0.436. The van der Waals surface area contributed by atoms with E-state index in [9.17, 15) is 14.0 Å². The van der Waals surface area contributed by atoms with Crippen LogP contribution in [-0.4, -0.2) is 26.0 Å². The number of halogens is 1. The van der Waals surface area contributed by atoms with Crippen molar-refractivity contribution < 1.29 is 18.7 Å². The van der Waals surface area contributed by atoms with Crippen LogP contribution in [0, 0.1) is 12.4 Å². The monoisotopic (exact) mass is 312 g/mol. The molecule has 0 saturated carbocycles.